The quantitative estimate of drug-likeness (QED) is 0.829. The van der Waals surface area contributed by atoms with E-state index in [1.807, 2.05) is 11.0 Å². The first-order chi connectivity index (χ1) is 12.5. The van der Waals surface area contributed by atoms with Crippen LogP contribution in [0.3, 0.4) is 0 Å². The number of likely N-dealkylation sites (tertiary alicyclic amines) is 2. The van der Waals surface area contributed by atoms with Gasteiger partial charge in [-0.25, -0.2) is 4.79 Å². The van der Waals surface area contributed by atoms with Crippen LogP contribution in [-0.4, -0.2) is 78.6 Å². The molecule has 3 saturated heterocycles. The van der Waals surface area contributed by atoms with Crippen molar-refractivity contribution in [1.29, 1.82) is 0 Å². The van der Waals surface area contributed by atoms with Crippen LogP contribution in [-0.2, 0) is 9.53 Å². The van der Waals surface area contributed by atoms with E-state index in [0.717, 1.165) is 32.4 Å². The fourth-order valence-electron chi connectivity index (χ4n) is 4.48. The van der Waals surface area contributed by atoms with Crippen molar-refractivity contribution in [2.45, 2.75) is 30.8 Å². The van der Waals surface area contributed by atoms with Crippen LogP contribution in [0.25, 0.3) is 0 Å². The summed E-state index contributed by atoms with van der Waals surface area (Å²) in [6.45, 7) is 4.42. The van der Waals surface area contributed by atoms with Crippen LogP contribution in [0.1, 0.15) is 30.7 Å². The lowest BCUT2D eigenvalue weighted by molar-refractivity contribution is -0.135. The van der Waals surface area contributed by atoms with Crippen LogP contribution in [0.2, 0.25) is 0 Å². The summed E-state index contributed by atoms with van der Waals surface area (Å²) in [5, 5.41) is 0. The highest BCUT2D eigenvalue weighted by Gasteiger charge is 2.46. The largest absolute Gasteiger partial charge is 0.441 e. The van der Waals surface area contributed by atoms with Crippen LogP contribution >= 0.6 is 0 Å². The zero-order valence-corrected chi connectivity index (χ0v) is 15.4. The molecule has 26 heavy (non-hydrogen) atoms. The zero-order valence-electron chi connectivity index (χ0n) is 15.4. The minimum atomic E-state index is -0.380. The van der Waals surface area contributed by atoms with Crippen LogP contribution < -0.4 is 0 Å². The van der Waals surface area contributed by atoms with E-state index in [9.17, 15) is 9.59 Å². The van der Waals surface area contributed by atoms with Gasteiger partial charge in [-0.3, -0.25) is 9.69 Å². The first kappa shape index (κ1) is 17.3. The lowest BCUT2D eigenvalue weighted by atomic mass is 9.91. The molecule has 1 aromatic rings. The summed E-state index contributed by atoms with van der Waals surface area (Å²) < 4.78 is 5.57. The molecule has 1 aromatic carbocycles. The number of benzene rings is 1. The standard InChI is InChI=1S/C20H27N3O3/c1-21-15-20(26-19(21)25)8-11-23(12-9-20)18(24)14-22-10-7-17(13-22)16-5-3-2-4-6-16/h2-6,17H,7-15H2,1H3/t17-/m0/s1. The van der Waals surface area contributed by atoms with E-state index in [4.69, 9.17) is 4.74 Å². The number of rotatable bonds is 3. The van der Waals surface area contributed by atoms with Gasteiger partial charge in [0.05, 0.1) is 13.1 Å². The zero-order chi connectivity index (χ0) is 18.1. The molecule has 6 nitrogen and oxygen atoms in total. The number of piperidine rings is 1. The highest BCUT2D eigenvalue weighted by molar-refractivity contribution is 5.78. The average molecular weight is 357 g/mol. The van der Waals surface area contributed by atoms with Crippen molar-refractivity contribution >= 4 is 12.0 Å². The number of hydrogen-bond donors (Lipinski definition) is 0. The molecule has 6 heteroatoms. The topological polar surface area (TPSA) is 53.1 Å². The predicted octanol–water partition coefficient (Wildman–Crippen LogP) is 1.92. The highest BCUT2D eigenvalue weighted by atomic mass is 16.6. The highest BCUT2D eigenvalue weighted by Crippen LogP contribution is 2.33. The number of amides is 2. The number of hydrogen-bond acceptors (Lipinski definition) is 4. The summed E-state index contributed by atoms with van der Waals surface area (Å²) >= 11 is 0. The van der Waals surface area contributed by atoms with Crippen molar-refractivity contribution in [3.05, 3.63) is 35.9 Å². The Morgan fingerprint density at radius 3 is 2.58 bits per heavy atom. The second kappa shape index (κ2) is 6.91. The van der Waals surface area contributed by atoms with Crippen molar-refractivity contribution in [3.8, 4) is 0 Å². The first-order valence-electron chi connectivity index (χ1n) is 9.54. The maximum Gasteiger partial charge on any atom is 0.410 e. The molecule has 0 aliphatic carbocycles. The Labute approximate surface area is 154 Å². The molecule has 4 rings (SSSR count). The molecule has 0 aromatic heterocycles. The summed E-state index contributed by atoms with van der Waals surface area (Å²) in [5.74, 6) is 0.730. The minimum Gasteiger partial charge on any atom is -0.441 e. The number of carbonyl (C=O) groups excluding carboxylic acids is 2. The fourth-order valence-corrected chi connectivity index (χ4v) is 4.48. The second-order valence-corrected chi connectivity index (χ2v) is 7.92. The van der Waals surface area contributed by atoms with Crippen molar-refractivity contribution < 1.29 is 14.3 Å². The van der Waals surface area contributed by atoms with Gasteiger partial charge in [0.25, 0.3) is 0 Å². The molecule has 2 amide bonds. The molecule has 3 heterocycles. The van der Waals surface area contributed by atoms with E-state index < -0.39 is 0 Å². The smallest absolute Gasteiger partial charge is 0.410 e. The van der Waals surface area contributed by atoms with Gasteiger partial charge in [-0.1, -0.05) is 30.3 Å². The summed E-state index contributed by atoms with van der Waals surface area (Å²) in [6.07, 6.45) is 2.35. The van der Waals surface area contributed by atoms with Gasteiger partial charge in [0.15, 0.2) is 0 Å². The van der Waals surface area contributed by atoms with Crippen molar-refractivity contribution in [1.82, 2.24) is 14.7 Å². The van der Waals surface area contributed by atoms with E-state index in [1.54, 1.807) is 11.9 Å². The van der Waals surface area contributed by atoms with Crippen molar-refractivity contribution in [2.24, 2.45) is 0 Å². The summed E-state index contributed by atoms with van der Waals surface area (Å²) in [6, 6.07) is 10.6. The van der Waals surface area contributed by atoms with E-state index in [1.165, 1.54) is 5.56 Å². The maximum atomic E-state index is 12.7. The fraction of sp³-hybridized carbons (Fsp3) is 0.600. The Hall–Kier alpha value is -2.08. The average Bonchev–Trinajstić information content (AvgIpc) is 3.21. The first-order valence-corrected chi connectivity index (χ1v) is 9.54. The number of ether oxygens (including phenoxy) is 1. The Kier molecular flexibility index (Phi) is 4.61. The third kappa shape index (κ3) is 3.43. The van der Waals surface area contributed by atoms with Gasteiger partial charge in [0.2, 0.25) is 5.91 Å². The number of nitrogens with zero attached hydrogens (tertiary/aromatic N) is 3. The van der Waals surface area contributed by atoms with E-state index in [2.05, 4.69) is 29.2 Å². The molecular weight excluding hydrogens is 330 g/mol. The molecule has 1 spiro atoms. The molecule has 0 bridgehead atoms. The SMILES string of the molecule is CN1CC2(CCN(C(=O)CN3CC[C@H](c4ccccc4)C3)CC2)OC1=O. The molecule has 0 N–H and O–H groups in total. The Bertz CT molecular complexity index is 670. The van der Waals surface area contributed by atoms with Crippen LogP contribution in [0, 0.1) is 0 Å². The van der Waals surface area contributed by atoms with Gasteiger partial charge < -0.3 is 14.5 Å². The molecule has 0 unspecified atom stereocenters. The Morgan fingerprint density at radius 2 is 1.92 bits per heavy atom. The predicted molar refractivity (Wildman–Crippen MR) is 97.9 cm³/mol. The summed E-state index contributed by atoms with van der Waals surface area (Å²) in [5.41, 5.74) is 0.990. The third-order valence-corrected chi connectivity index (χ3v) is 6.07. The van der Waals surface area contributed by atoms with Crippen molar-refractivity contribution in [2.75, 3.05) is 46.3 Å². The van der Waals surface area contributed by atoms with Gasteiger partial charge in [-0.2, -0.15) is 0 Å². The van der Waals surface area contributed by atoms with E-state index in [0.29, 0.717) is 32.1 Å². The van der Waals surface area contributed by atoms with Gasteiger partial charge >= 0.3 is 6.09 Å². The minimum absolute atomic E-state index is 0.200. The lowest BCUT2D eigenvalue weighted by Gasteiger charge is -2.37. The second-order valence-electron chi connectivity index (χ2n) is 7.92. The van der Waals surface area contributed by atoms with Gasteiger partial charge in [0.1, 0.15) is 5.60 Å². The molecule has 0 radical (unpaired) electrons. The number of likely N-dealkylation sites (N-methyl/N-ethyl adjacent to an activating group) is 1. The third-order valence-electron chi connectivity index (χ3n) is 6.07. The van der Waals surface area contributed by atoms with Crippen molar-refractivity contribution in [3.63, 3.8) is 0 Å². The Balaban J connectivity index is 1.27. The Morgan fingerprint density at radius 1 is 1.19 bits per heavy atom. The van der Waals surface area contributed by atoms with Crippen LogP contribution in [0.5, 0.6) is 0 Å². The molecule has 3 aliphatic heterocycles. The number of carbonyl (C=O) groups is 2. The molecule has 140 valence electrons. The molecule has 0 saturated carbocycles. The van der Waals surface area contributed by atoms with E-state index in [-0.39, 0.29) is 17.6 Å². The lowest BCUT2D eigenvalue weighted by Crippen LogP contribution is -2.50. The molecule has 3 aliphatic rings. The van der Waals surface area contributed by atoms with Gasteiger partial charge in [-0.05, 0) is 24.4 Å². The monoisotopic (exact) mass is 357 g/mol. The summed E-state index contributed by atoms with van der Waals surface area (Å²) in [7, 11) is 1.77. The van der Waals surface area contributed by atoms with Crippen LogP contribution in [0.15, 0.2) is 30.3 Å². The normalized spacial score (nSPS) is 25.7. The molecular formula is C20H27N3O3. The summed E-state index contributed by atoms with van der Waals surface area (Å²) in [4.78, 5) is 30.2. The van der Waals surface area contributed by atoms with Crippen LogP contribution in [0.4, 0.5) is 4.79 Å². The molecule has 3 fully saturated rings. The van der Waals surface area contributed by atoms with Gasteiger partial charge in [0, 0.05) is 39.5 Å². The maximum absolute atomic E-state index is 12.7. The molecule has 1 atom stereocenters. The van der Waals surface area contributed by atoms with Gasteiger partial charge in [-0.15, -0.1) is 0 Å². The van der Waals surface area contributed by atoms with E-state index >= 15 is 0 Å².